The first-order valence-electron chi connectivity index (χ1n) is 7.35. The van der Waals surface area contributed by atoms with Crippen molar-refractivity contribution in [2.24, 2.45) is 5.92 Å². The number of hydrogen-bond acceptors (Lipinski definition) is 3. The van der Waals surface area contributed by atoms with Gasteiger partial charge in [-0.05, 0) is 38.1 Å². The van der Waals surface area contributed by atoms with Crippen LogP contribution in [0.1, 0.15) is 45.4 Å². The molecule has 2 aliphatic rings. The molecule has 1 saturated heterocycles. The van der Waals surface area contributed by atoms with Crippen molar-refractivity contribution in [1.82, 2.24) is 10.2 Å². The van der Waals surface area contributed by atoms with Gasteiger partial charge in [0, 0.05) is 12.6 Å². The van der Waals surface area contributed by atoms with E-state index in [1.54, 1.807) is 0 Å². The lowest BCUT2D eigenvalue weighted by Crippen LogP contribution is -2.48. The molecule has 0 aromatic rings. The second-order valence-electron chi connectivity index (χ2n) is 5.97. The molecule has 2 unspecified atom stereocenters. The maximum atomic E-state index is 12.0. The Morgan fingerprint density at radius 3 is 2.78 bits per heavy atom. The summed E-state index contributed by atoms with van der Waals surface area (Å²) in [6.07, 6.45) is 6.50. The Hall–Kier alpha value is -0.610. The number of β-amino-alcohol motifs (C(OH)–C–C–N with tert-alkyl or cyclic N) is 1. The predicted molar refractivity (Wildman–Crippen MR) is 71.2 cm³/mol. The molecule has 4 nitrogen and oxygen atoms in total. The van der Waals surface area contributed by atoms with Crippen molar-refractivity contribution in [3.63, 3.8) is 0 Å². The zero-order valence-electron chi connectivity index (χ0n) is 11.4. The molecule has 2 fully saturated rings. The van der Waals surface area contributed by atoms with E-state index in [1.165, 1.54) is 19.3 Å². The van der Waals surface area contributed by atoms with E-state index >= 15 is 0 Å². The summed E-state index contributed by atoms with van der Waals surface area (Å²) in [7, 11) is 0. The first-order valence-corrected chi connectivity index (χ1v) is 7.35. The Balaban J connectivity index is 1.74. The topological polar surface area (TPSA) is 52.6 Å². The van der Waals surface area contributed by atoms with Gasteiger partial charge in [0.2, 0.25) is 5.91 Å². The summed E-state index contributed by atoms with van der Waals surface area (Å²) < 4.78 is 0. The summed E-state index contributed by atoms with van der Waals surface area (Å²) in [6.45, 7) is 4.26. The second-order valence-corrected chi connectivity index (χ2v) is 5.97. The fourth-order valence-electron chi connectivity index (χ4n) is 3.16. The maximum absolute atomic E-state index is 12.0. The number of nitrogens with zero attached hydrogens (tertiary/aromatic N) is 1. The largest absolute Gasteiger partial charge is 0.392 e. The first-order chi connectivity index (χ1) is 8.65. The minimum absolute atomic E-state index is 0.128. The molecule has 0 aromatic carbocycles. The normalized spacial score (nSPS) is 34.2. The number of nitrogens with one attached hydrogen (secondary N) is 1. The van der Waals surface area contributed by atoms with Crippen LogP contribution in [0.2, 0.25) is 0 Å². The highest BCUT2D eigenvalue weighted by Gasteiger charge is 2.24. The van der Waals surface area contributed by atoms with Crippen molar-refractivity contribution in [3.8, 4) is 0 Å². The Morgan fingerprint density at radius 1 is 1.28 bits per heavy atom. The number of carbonyl (C=O) groups is 1. The van der Waals surface area contributed by atoms with Crippen LogP contribution >= 0.6 is 0 Å². The molecule has 2 rings (SSSR count). The molecule has 4 heteroatoms. The molecule has 2 N–H and O–H groups in total. The zero-order chi connectivity index (χ0) is 13.0. The van der Waals surface area contributed by atoms with Gasteiger partial charge in [-0.1, -0.05) is 19.8 Å². The molecule has 1 amide bonds. The summed E-state index contributed by atoms with van der Waals surface area (Å²) in [5.74, 6) is 0.734. The lowest BCUT2D eigenvalue weighted by Gasteiger charge is -2.32. The third kappa shape index (κ3) is 3.95. The summed E-state index contributed by atoms with van der Waals surface area (Å²) >= 11 is 0. The average molecular weight is 254 g/mol. The first kappa shape index (κ1) is 13.8. The number of carbonyl (C=O) groups excluding carboxylic acids is 1. The average Bonchev–Trinajstić information content (AvgIpc) is 2.32. The van der Waals surface area contributed by atoms with Crippen LogP contribution in [0.25, 0.3) is 0 Å². The molecular formula is C14H26N2O2. The van der Waals surface area contributed by atoms with Gasteiger partial charge in [0.15, 0.2) is 0 Å². The molecule has 0 spiro atoms. The number of aliphatic hydroxyl groups is 1. The van der Waals surface area contributed by atoms with Gasteiger partial charge < -0.3 is 10.4 Å². The van der Waals surface area contributed by atoms with E-state index < -0.39 is 0 Å². The molecule has 3 atom stereocenters. The molecule has 18 heavy (non-hydrogen) atoms. The standard InChI is InChI=1S/C14H26N2O2/c1-11-5-2-3-7-13(11)15-14(18)10-16-8-4-6-12(17)9-16/h11-13,17H,2-10H2,1H3,(H,15,18)/t11?,12-,13?/m0/s1. The predicted octanol–water partition coefficient (Wildman–Crippen LogP) is 1.14. The summed E-state index contributed by atoms with van der Waals surface area (Å²) in [5, 5.41) is 12.8. The molecule has 1 saturated carbocycles. The summed E-state index contributed by atoms with van der Waals surface area (Å²) in [4.78, 5) is 14.1. The third-order valence-corrected chi connectivity index (χ3v) is 4.31. The van der Waals surface area contributed by atoms with Gasteiger partial charge in [-0.2, -0.15) is 0 Å². The number of aliphatic hydroxyl groups excluding tert-OH is 1. The van der Waals surface area contributed by atoms with Crippen LogP contribution in [-0.4, -0.2) is 47.7 Å². The summed E-state index contributed by atoms with van der Waals surface area (Å²) in [5.41, 5.74) is 0. The lowest BCUT2D eigenvalue weighted by atomic mass is 9.86. The van der Waals surface area contributed by atoms with Crippen molar-refractivity contribution in [2.45, 2.75) is 57.6 Å². The molecule has 1 aliphatic heterocycles. The Kier molecular flexibility index (Phi) is 5.01. The van der Waals surface area contributed by atoms with Crippen molar-refractivity contribution < 1.29 is 9.90 Å². The van der Waals surface area contributed by atoms with Gasteiger partial charge in [-0.25, -0.2) is 0 Å². The van der Waals surface area contributed by atoms with Crippen LogP contribution in [0.5, 0.6) is 0 Å². The van der Waals surface area contributed by atoms with Crippen LogP contribution in [0, 0.1) is 5.92 Å². The fourth-order valence-corrected chi connectivity index (χ4v) is 3.16. The molecule has 104 valence electrons. The number of amides is 1. The van der Waals surface area contributed by atoms with E-state index in [9.17, 15) is 9.90 Å². The Morgan fingerprint density at radius 2 is 2.06 bits per heavy atom. The summed E-state index contributed by atoms with van der Waals surface area (Å²) in [6, 6.07) is 0.362. The van der Waals surface area contributed by atoms with Crippen LogP contribution in [-0.2, 0) is 4.79 Å². The molecule has 0 bridgehead atoms. The molecule has 0 aromatic heterocycles. The minimum atomic E-state index is -0.250. The highest BCUT2D eigenvalue weighted by molar-refractivity contribution is 5.78. The van der Waals surface area contributed by atoms with Gasteiger partial charge >= 0.3 is 0 Å². The second kappa shape index (κ2) is 6.53. The number of hydrogen-bond donors (Lipinski definition) is 2. The molecular weight excluding hydrogens is 228 g/mol. The van der Waals surface area contributed by atoms with Crippen LogP contribution in [0.4, 0.5) is 0 Å². The van der Waals surface area contributed by atoms with E-state index in [2.05, 4.69) is 17.1 Å². The third-order valence-electron chi connectivity index (χ3n) is 4.31. The van der Waals surface area contributed by atoms with E-state index in [0.29, 0.717) is 25.0 Å². The van der Waals surface area contributed by atoms with Gasteiger partial charge in [-0.15, -0.1) is 0 Å². The number of rotatable bonds is 3. The van der Waals surface area contributed by atoms with E-state index in [4.69, 9.17) is 0 Å². The highest BCUT2D eigenvalue weighted by Crippen LogP contribution is 2.23. The lowest BCUT2D eigenvalue weighted by molar-refractivity contribution is -0.124. The number of likely N-dealkylation sites (tertiary alicyclic amines) is 1. The van der Waals surface area contributed by atoms with Crippen molar-refractivity contribution in [2.75, 3.05) is 19.6 Å². The van der Waals surface area contributed by atoms with Crippen molar-refractivity contribution >= 4 is 5.91 Å². The number of piperidine rings is 1. The van der Waals surface area contributed by atoms with Gasteiger partial charge in [0.1, 0.15) is 0 Å². The highest BCUT2D eigenvalue weighted by atomic mass is 16.3. The molecule has 0 radical (unpaired) electrons. The van der Waals surface area contributed by atoms with E-state index in [-0.39, 0.29) is 12.0 Å². The molecule has 1 aliphatic carbocycles. The van der Waals surface area contributed by atoms with E-state index in [1.807, 2.05) is 0 Å². The Labute approximate surface area is 110 Å². The Bertz CT molecular complexity index is 283. The molecule has 1 heterocycles. The van der Waals surface area contributed by atoms with Crippen molar-refractivity contribution in [3.05, 3.63) is 0 Å². The monoisotopic (exact) mass is 254 g/mol. The minimum Gasteiger partial charge on any atom is -0.392 e. The quantitative estimate of drug-likeness (QED) is 0.794. The van der Waals surface area contributed by atoms with Crippen LogP contribution in [0.3, 0.4) is 0 Å². The van der Waals surface area contributed by atoms with Crippen LogP contribution < -0.4 is 5.32 Å². The van der Waals surface area contributed by atoms with E-state index in [0.717, 1.165) is 25.8 Å². The van der Waals surface area contributed by atoms with Crippen molar-refractivity contribution in [1.29, 1.82) is 0 Å². The SMILES string of the molecule is CC1CCCCC1NC(=O)CN1CCC[C@H](O)C1. The fraction of sp³-hybridized carbons (Fsp3) is 0.929. The maximum Gasteiger partial charge on any atom is 0.234 e. The zero-order valence-corrected chi connectivity index (χ0v) is 11.4. The van der Waals surface area contributed by atoms with Gasteiger partial charge in [0.25, 0.3) is 0 Å². The smallest absolute Gasteiger partial charge is 0.234 e. The van der Waals surface area contributed by atoms with Crippen LogP contribution in [0.15, 0.2) is 0 Å². The van der Waals surface area contributed by atoms with Gasteiger partial charge in [0.05, 0.1) is 12.6 Å². The van der Waals surface area contributed by atoms with Gasteiger partial charge in [-0.3, -0.25) is 9.69 Å².